The summed E-state index contributed by atoms with van der Waals surface area (Å²) in [4.78, 5) is 0. The van der Waals surface area contributed by atoms with Crippen LogP contribution in [0, 0.1) is 0 Å². The van der Waals surface area contributed by atoms with E-state index in [0.29, 0.717) is 13.0 Å². The quantitative estimate of drug-likeness (QED) is 0.756. The van der Waals surface area contributed by atoms with E-state index in [1.807, 2.05) is 12.4 Å². The Labute approximate surface area is 96.8 Å². The molecule has 0 aliphatic rings. The summed E-state index contributed by atoms with van der Waals surface area (Å²) in [6, 6.07) is 0. The molecule has 0 bridgehead atoms. The van der Waals surface area contributed by atoms with Crippen molar-refractivity contribution in [2.75, 3.05) is 18.6 Å². The summed E-state index contributed by atoms with van der Waals surface area (Å²) in [5.74, 6) is 0.218. The molecule has 0 amide bonds. The Kier molecular flexibility index (Phi) is 4.95. The van der Waals surface area contributed by atoms with E-state index in [1.165, 1.54) is 6.26 Å². The van der Waals surface area contributed by atoms with E-state index >= 15 is 0 Å². The number of hydrogen-bond acceptors (Lipinski definition) is 4. The van der Waals surface area contributed by atoms with Crippen molar-refractivity contribution in [2.24, 2.45) is 0 Å². The molecule has 0 spiro atoms. The van der Waals surface area contributed by atoms with Gasteiger partial charge in [-0.25, -0.2) is 8.42 Å². The number of aryl methyl sites for hydroxylation is 1. The summed E-state index contributed by atoms with van der Waals surface area (Å²) in [6.07, 6.45) is 5.63. The monoisotopic (exact) mass is 245 g/mol. The third kappa shape index (κ3) is 5.27. The van der Waals surface area contributed by atoms with Gasteiger partial charge in [0.25, 0.3) is 0 Å². The van der Waals surface area contributed by atoms with Crippen molar-refractivity contribution >= 4 is 9.84 Å². The molecule has 92 valence electrons. The van der Waals surface area contributed by atoms with Crippen molar-refractivity contribution < 1.29 is 8.42 Å². The molecule has 16 heavy (non-hydrogen) atoms. The second kappa shape index (κ2) is 6.00. The third-order valence-corrected chi connectivity index (χ3v) is 3.20. The molecule has 1 N–H and O–H groups in total. The molecule has 0 radical (unpaired) electrons. The minimum absolute atomic E-state index is 0.218. The van der Waals surface area contributed by atoms with Crippen molar-refractivity contribution in [2.45, 2.75) is 26.4 Å². The third-order valence-electron chi connectivity index (χ3n) is 2.17. The van der Waals surface area contributed by atoms with E-state index in [-0.39, 0.29) is 5.75 Å². The van der Waals surface area contributed by atoms with Crippen molar-refractivity contribution in [3.63, 3.8) is 0 Å². The molecule has 1 aromatic heterocycles. The van der Waals surface area contributed by atoms with E-state index in [1.54, 1.807) is 4.68 Å². The maximum absolute atomic E-state index is 10.9. The molecule has 6 heteroatoms. The largest absolute Gasteiger partial charge is 0.313 e. The van der Waals surface area contributed by atoms with Crippen LogP contribution in [0.4, 0.5) is 0 Å². The lowest BCUT2D eigenvalue weighted by Crippen LogP contribution is -2.11. The molecule has 1 aromatic rings. The van der Waals surface area contributed by atoms with Crippen LogP contribution >= 0.6 is 0 Å². The fourth-order valence-corrected chi connectivity index (χ4v) is 2.03. The highest BCUT2D eigenvalue weighted by Crippen LogP contribution is 1.99. The lowest BCUT2D eigenvalue weighted by Gasteiger charge is -2.00. The number of sulfone groups is 1. The lowest BCUT2D eigenvalue weighted by atomic mass is 10.3. The average Bonchev–Trinajstić information content (AvgIpc) is 2.61. The van der Waals surface area contributed by atoms with Gasteiger partial charge < -0.3 is 5.32 Å². The molecule has 1 rings (SSSR count). The van der Waals surface area contributed by atoms with Gasteiger partial charge in [-0.05, 0) is 13.0 Å². The van der Waals surface area contributed by atoms with Crippen LogP contribution in [0.5, 0.6) is 0 Å². The maximum Gasteiger partial charge on any atom is 0.147 e. The van der Waals surface area contributed by atoms with Gasteiger partial charge in [-0.1, -0.05) is 6.92 Å². The van der Waals surface area contributed by atoms with Crippen molar-refractivity contribution in [3.05, 3.63) is 18.0 Å². The number of nitrogens with zero attached hydrogens (tertiary/aromatic N) is 2. The fourth-order valence-electron chi connectivity index (χ4n) is 1.38. The Morgan fingerprint density at radius 2 is 2.25 bits per heavy atom. The SMILES string of the molecule is CCNCc1cnn(CCCS(C)(=O)=O)c1. The molecule has 5 nitrogen and oxygen atoms in total. The number of rotatable bonds is 7. The summed E-state index contributed by atoms with van der Waals surface area (Å²) >= 11 is 0. The van der Waals surface area contributed by atoms with Crippen LogP contribution in [-0.2, 0) is 22.9 Å². The van der Waals surface area contributed by atoms with Crippen molar-refractivity contribution in [3.8, 4) is 0 Å². The van der Waals surface area contributed by atoms with Crippen LogP contribution in [0.2, 0.25) is 0 Å². The van der Waals surface area contributed by atoms with Gasteiger partial charge in [-0.15, -0.1) is 0 Å². The van der Waals surface area contributed by atoms with Gasteiger partial charge in [0.15, 0.2) is 0 Å². The average molecular weight is 245 g/mol. The predicted octanol–water partition coefficient (Wildman–Crippen LogP) is 0.427. The second-order valence-electron chi connectivity index (χ2n) is 3.88. The van der Waals surface area contributed by atoms with Crippen molar-refractivity contribution in [1.29, 1.82) is 0 Å². The highest BCUT2D eigenvalue weighted by molar-refractivity contribution is 7.90. The summed E-state index contributed by atoms with van der Waals surface area (Å²) in [5, 5.41) is 7.38. The highest BCUT2D eigenvalue weighted by atomic mass is 32.2. The van der Waals surface area contributed by atoms with Gasteiger partial charge in [0.05, 0.1) is 11.9 Å². The van der Waals surface area contributed by atoms with Crippen LogP contribution in [0.3, 0.4) is 0 Å². The molecule has 0 aliphatic carbocycles. The molecular formula is C10H19N3O2S. The molecular weight excluding hydrogens is 226 g/mol. The Hall–Kier alpha value is -0.880. The lowest BCUT2D eigenvalue weighted by molar-refractivity contribution is 0.576. The van der Waals surface area contributed by atoms with Crippen LogP contribution in [0.15, 0.2) is 12.4 Å². The minimum Gasteiger partial charge on any atom is -0.313 e. The van der Waals surface area contributed by atoms with E-state index in [0.717, 1.165) is 18.7 Å². The fraction of sp³-hybridized carbons (Fsp3) is 0.700. The smallest absolute Gasteiger partial charge is 0.147 e. The van der Waals surface area contributed by atoms with Crippen LogP contribution in [-0.4, -0.2) is 36.8 Å². The van der Waals surface area contributed by atoms with E-state index in [9.17, 15) is 8.42 Å². The first kappa shape index (κ1) is 13.2. The van der Waals surface area contributed by atoms with Crippen LogP contribution in [0.25, 0.3) is 0 Å². The van der Waals surface area contributed by atoms with Gasteiger partial charge in [0, 0.05) is 31.1 Å². The minimum atomic E-state index is -2.86. The van der Waals surface area contributed by atoms with Gasteiger partial charge >= 0.3 is 0 Å². The zero-order valence-electron chi connectivity index (χ0n) is 9.81. The maximum atomic E-state index is 10.9. The molecule has 0 atom stereocenters. The molecule has 0 fully saturated rings. The summed E-state index contributed by atoms with van der Waals surface area (Å²) in [5.41, 5.74) is 1.13. The van der Waals surface area contributed by atoms with E-state index in [4.69, 9.17) is 0 Å². The van der Waals surface area contributed by atoms with E-state index < -0.39 is 9.84 Å². The zero-order chi connectivity index (χ0) is 12.0. The van der Waals surface area contributed by atoms with Crippen molar-refractivity contribution in [1.82, 2.24) is 15.1 Å². The summed E-state index contributed by atoms with van der Waals surface area (Å²) in [7, 11) is -2.86. The highest BCUT2D eigenvalue weighted by Gasteiger charge is 2.03. The van der Waals surface area contributed by atoms with Crippen LogP contribution < -0.4 is 5.32 Å². The molecule has 1 heterocycles. The number of hydrogen-bond donors (Lipinski definition) is 1. The zero-order valence-corrected chi connectivity index (χ0v) is 10.6. The second-order valence-corrected chi connectivity index (χ2v) is 6.14. The molecule has 0 unspecified atom stereocenters. The van der Waals surface area contributed by atoms with Crippen LogP contribution in [0.1, 0.15) is 18.9 Å². The number of aromatic nitrogens is 2. The summed E-state index contributed by atoms with van der Waals surface area (Å²) < 4.78 is 23.6. The Balaban J connectivity index is 2.35. The first-order valence-corrected chi connectivity index (χ1v) is 7.47. The Bertz CT molecular complexity index is 411. The van der Waals surface area contributed by atoms with Gasteiger partial charge in [-0.3, -0.25) is 4.68 Å². The van der Waals surface area contributed by atoms with Gasteiger partial charge in [0.1, 0.15) is 9.84 Å². The topological polar surface area (TPSA) is 64.0 Å². The predicted molar refractivity (Wildman–Crippen MR) is 63.9 cm³/mol. The Morgan fingerprint density at radius 1 is 1.50 bits per heavy atom. The molecule has 0 saturated carbocycles. The standard InChI is InChI=1S/C10H19N3O2S/c1-3-11-7-10-8-12-13(9-10)5-4-6-16(2,14)15/h8-9,11H,3-7H2,1-2H3. The van der Waals surface area contributed by atoms with Gasteiger partial charge in [0.2, 0.25) is 0 Å². The molecule has 0 saturated heterocycles. The first-order valence-electron chi connectivity index (χ1n) is 5.41. The molecule has 0 aromatic carbocycles. The first-order chi connectivity index (χ1) is 7.51. The number of nitrogens with one attached hydrogen (secondary N) is 1. The van der Waals surface area contributed by atoms with E-state index in [2.05, 4.69) is 17.3 Å². The Morgan fingerprint density at radius 3 is 2.88 bits per heavy atom. The normalized spacial score (nSPS) is 11.9. The summed E-state index contributed by atoms with van der Waals surface area (Å²) in [6.45, 7) is 4.44. The van der Waals surface area contributed by atoms with Gasteiger partial charge in [-0.2, -0.15) is 5.10 Å². The molecule has 0 aliphatic heterocycles.